The Morgan fingerprint density at radius 1 is 0.690 bits per heavy atom. The van der Waals surface area contributed by atoms with Crippen LogP contribution in [0.25, 0.3) is 0 Å². The molecule has 2 N–H and O–H groups in total. The third-order valence-corrected chi connectivity index (χ3v) is 4.35. The Bertz CT molecular complexity index is 355. The minimum Gasteiger partial charge on any atom is -0.462 e. The minimum atomic E-state index is -0.359. The number of hydrogen-bond acceptors (Lipinski definition) is 6. The second-order valence-corrected chi connectivity index (χ2v) is 7.47. The molecular weight excluding hydrogens is 372 g/mol. The van der Waals surface area contributed by atoms with Gasteiger partial charge in [0.05, 0.1) is 0 Å². The molecule has 0 fully saturated rings. The highest BCUT2D eigenvalue weighted by atomic mass is 16.6. The highest BCUT2D eigenvalue weighted by Gasteiger charge is 2.12. The molecule has 0 saturated carbocycles. The van der Waals surface area contributed by atoms with Crippen LogP contribution in [0.1, 0.15) is 111 Å². The highest BCUT2D eigenvalue weighted by Crippen LogP contribution is 2.08. The summed E-state index contributed by atoms with van der Waals surface area (Å²) in [6.45, 7) is 6.66. The summed E-state index contributed by atoms with van der Waals surface area (Å²) in [5.41, 5.74) is 0. The molecule has 1 atom stereocenters. The van der Waals surface area contributed by atoms with Gasteiger partial charge in [0.25, 0.3) is 0 Å². The molecule has 6 heteroatoms. The van der Waals surface area contributed by atoms with Gasteiger partial charge in [0, 0.05) is 26.1 Å². The fourth-order valence-electron chi connectivity index (χ4n) is 2.57. The summed E-state index contributed by atoms with van der Waals surface area (Å²) in [6.07, 6.45) is 13.1. The molecule has 0 aromatic carbocycles. The van der Waals surface area contributed by atoms with E-state index in [9.17, 15) is 9.59 Å². The van der Waals surface area contributed by atoms with Crippen LogP contribution >= 0.6 is 0 Å². The summed E-state index contributed by atoms with van der Waals surface area (Å²) < 4.78 is 10.4. The standard InChI is InChI=1S/C19H36O4.C4H10O2/c1-4-6-8-10-12-14-18(20)22-16-17(3)23-19(21)15-13-11-9-7-5-2;5-3-1-2-4-6/h17H,4-16H2,1-3H3;5-6H,1-4H2. The Labute approximate surface area is 178 Å². The van der Waals surface area contributed by atoms with Gasteiger partial charge in [-0.3, -0.25) is 9.59 Å². The van der Waals surface area contributed by atoms with Crippen molar-refractivity contribution < 1.29 is 29.3 Å². The van der Waals surface area contributed by atoms with Crippen LogP contribution in [-0.4, -0.2) is 48.1 Å². The maximum Gasteiger partial charge on any atom is 0.306 e. The Kier molecular flexibility index (Phi) is 25.8. The van der Waals surface area contributed by atoms with Crippen molar-refractivity contribution in [1.29, 1.82) is 0 Å². The highest BCUT2D eigenvalue weighted by molar-refractivity contribution is 5.70. The number of aliphatic hydroxyl groups is 2. The lowest BCUT2D eigenvalue weighted by Crippen LogP contribution is -2.22. The molecule has 0 rings (SSSR count). The molecule has 0 bridgehead atoms. The topological polar surface area (TPSA) is 93.1 Å². The maximum absolute atomic E-state index is 11.6. The first-order valence-corrected chi connectivity index (χ1v) is 11.6. The second-order valence-electron chi connectivity index (χ2n) is 7.47. The van der Waals surface area contributed by atoms with Crippen LogP contribution < -0.4 is 0 Å². The van der Waals surface area contributed by atoms with Gasteiger partial charge < -0.3 is 19.7 Å². The maximum atomic E-state index is 11.6. The summed E-state index contributed by atoms with van der Waals surface area (Å²) in [6, 6.07) is 0. The smallest absolute Gasteiger partial charge is 0.306 e. The van der Waals surface area contributed by atoms with E-state index >= 15 is 0 Å². The van der Waals surface area contributed by atoms with Crippen LogP contribution in [-0.2, 0) is 19.1 Å². The summed E-state index contributed by atoms with van der Waals surface area (Å²) in [4.78, 5) is 23.2. The normalized spacial score (nSPS) is 11.3. The number of unbranched alkanes of at least 4 members (excludes halogenated alkanes) is 9. The molecule has 0 heterocycles. The fourth-order valence-corrected chi connectivity index (χ4v) is 2.57. The third kappa shape index (κ3) is 26.9. The molecule has 0 aromatic heterocycles. The molecule has 29 heavy (non-hydrogen) atoms. The number of carbonyl (C=O) groups excluding carboxylic acids is 2. The largest absolute Gasteiger partial charge is 0.462 e. The molecule has 0 radical (unpaired) electrons. The molecule has 0 aromatic rings. The number of ether oxygens (including phenoxy) is 2. The lowest BCUT2D eigenvalue weighted by Gasteiger charge is -2.13. The minimum absolute atomic E-state index is 0.162. The first-order chi connectivity index (χ1) is 14.0. The van der Waals surface area contributed by atoms with Crippen molar-refractivity contribution in [3.8, 4) is 0 Å². The van der Waals surface area contributed by atoms with E-state index in [0.717, 1.165) is 38.5 Å². The number of carbonyl (C=O) groups is 2. The number of rotatable bonds is 18. The Balaban J connectivity index is 0. The van der Waals surface area contributed by atoms with Gasteiger partial charge in [-0.2, -0.15) is 0 Å². The predicted molar refractivity (Wildman–Crippen MR) is 117 cm³/mol. The van der Waals surface area contributed by atoms with Gasteiger partial charge in [0.15, 0.2) is 0 Å². The van der Waals surface area contributed by atoms with E-state index in [-0.39, 0.29) is 37.9 Å². The predicted octanol–water partition coefficient (Wildman–Crippen LogP) is 4.93. The van der Waals surface area contributed by atoms with E-state index in [1.807, 2.05) is 0 Å². The Morgan fingerprint density at radius 2 is 1.14 bits per heavy atom. The molecule has 6 nitrogen and oxygen atoms in total. The summed E-state index contributed by atoms with van der Waals surface area (Å²) in [7, 11) is 0. The quantitative estimate of drug-likeness (QED) is 0.242. The van der Waals surface area contributed by atoms with Gasteiger partial charge in [0.2, 0.25) is 0 Å². The van der Waals surface area contributed by atoms with E-state index < -0.39 is 0 Å². The van der Waals surface area contributed by atoms with Crippen LogP contribution in [0.2, 0.25) is 0 Å². The lowest BCUT2D eigenvalue weighted by atomic mass is 10.1. The summed E-state index contributed by atoms with van der Waals surface area (Å²) >= 11 is 0. The van der Waals surface area contributed by atoms with Crippen molar-refractivity contribution in [3.05, 3.63) is 0 Å². The Hall–Kier alpha value is -1.14. The zero-order chi connectivity index (χ0) is 22.2. The molecule has 0 aliphatic heterocycles. The number of hydrogen-bond donors (Lipinski definition) is 2. The van der Waals surface area contributed by atoms with Crippen molar-refractivity contribution in [2.75, 3.05) is 19.8 Å². The molecule has 0 spiro atoms. The third-order valence-electron chi connectivity index (χ3n) is 4.35. The van der Waals surface area contributed by atoms with Gasteiger partial charge in [-0.15, -0.1) is 0 Å². The van der Waals surface area contributed by atoms with Crippen LogP contribution in [0.4, 0.5) is 0 Å². The van der Waals surface area contributed by atoms with E-state index in [4.69, 9.17) is 19.7 Å². The van der Waals surface area contributed by atoms with Crippen molar-refractivity contribution in [1.82, 2.24) is 0 Å². The van der Waals surface area contributed by atoms with Crippen molar-refractivity contribution in [2.24, 2.45) is 0 Å². The molecule has 0 aliphatic carbocycles. The average molecular weight is 419 g/mol. The van der Waals surface area contributed by atoms with Gasteiger partial charge in [-0.1, -0.05) is 65.2 Å². The van der Waals surface area contributed by atoms with Crippen molar-refractivity contribution in [2.45, 2.75) is 117 Å². The molecule has 0 saturated heterocycles. The monoisotopic (exact) mass is 418 g/mol. The average Bonchev–Trinajstić information content (AvgIpc) is 2.71. The summed E-state index contributed by atoms with van der Waals surface area (Å²) in [5, 5.41) is 16.2. The van der Waals surface area contributed by atoms with Crippen LogP contribution in [0.5, 0.6) is 0 Å². The Morgan fingerprint density at radius 3 is 1.59 bits per heavy atom. The van der Waals surface area contributed by atoms with Crippen LogP contribution in [0, 0.1) is 0 Å². The molecular formula is C23H46O6. The van der Waals surface area contributed by atoms with Gasteiger partial charge >= 0.3 is 11.9 Å². The van der Waals surface area contributed by atoms with Crippen molar-refractivity contribution >= 4 is 11.9 Å². The van der Waals surface area contributed by atoms with Gasteiger partial charge in [0.1, 0.15) is 12.7 Å². The fraction of sp³-hybridized carbons (Fsp3) is 0.913. The van der Waals surface area contributed by atoms with Gasteiger partial charge in [-0.25, -0.2) is 0 Å². The molecule has 0 aliphatic rings. The first kappa shape index (κ1) is 30.1. The van der Waals surface area contributed by atoms with Crippen LogP contribution in [0.3, 0.4) is 0 Å². The van der Waals surface area contributed by atoms with Crippen molar-refractivity contribution in [3.63, 3.8) is 0 Å². The molecule has 0 amide bonds. The number of aliphatic hydroxyl groups excluding tert-OH is 2. The second kappa shape index (κ2) is 24.9. The van der Waals surface area contributed by atoms with Gasteiger partial charge in [-0.05, 0) is 32.6 Å². The zero-order valence-corrected chi connectivity index (χ0v) is 19.1. The van der Waals surface area contributed by atoms with E-state index in [1.54, 1.807) is 6.92 Å². The molecule has 174 valence electrons. The number of esters is 2. The SMILES string of the molecule is CCCCCCCC(=O)OCC(C)OC(=O)CCCCCCC.OCCCCO. The first-order valence-electron chi connectivity index (χ1n) is 11.6. The van der Waals surface area contributed by atoms with E-state index in [0.29, 0.717) is 12.8 Å². The van der Waals surface area contributed by atoms with E-state index in [1.165, 1.54) is 38.5 Å². The van der Waals surface area contributed by atoms with E-state index in [2.05, 4.69) is 13.8 Å². The molecule has 1 unspecified atom stereocenters. The zero-order valence-electron chi connectivity index (χ0n) is 19.1. The van der Waals surface area contributed by atoms with Crippen LogP contribution in [0.15, 0.2) is 0 Å². The lowest BCUT2D eigenvalue weighted by molar-refractivity contribution is -0.158. The summed E-state index contributed by atoms with van der Waals surface area (Å²) in [5.74, 6) is -0.381.